The standard InChI is InChI=1S/C17H15N3O7S2/c1-18-14-7-6-11-12(8-10(9-15(11)21)28(22,23)24)17(14)20-19-13-4-2-3-5-16(13)29(25,26)27/h2-9,18,21H,1H3,(H,22,23,24)(H,25,26,27). The van der Waals surface area contributed by atoms with Crippen LogP contribution in [-0.4, -0.2) is 38.1 Å². The zero-order valence-corrected chi connectivity index (χ0v) is 16.4. The highest BCUT2D eigenvalue weighted by molar-refractivity contribution is 7.86. The van der Waals surface area contributed by atoms with Gasteiger partial charge in [-0.1, -0.05) is 12.1 Å². The molecular weight excluding hydrogens is 422 g/mol. The van der Waals surface area contributed by atoms with Gasteiger partial charge in [-0.2, -0.15) is 16.8 Å². The maximum absolute atomic E-state index is 11.5. The van der Waals surface area contributed by atoms with Gasteiger partial charge in [0.05, 0.1) is 10.6 Å². The first-order valence-corrected chi connectivity index (χ1v) is 10.8. The molecule has 0 spiro atoms. The van der Waals surface area contributed by atoms with E-state index in [1.807, 2.05) is 0 Å². The average Bonchev–Trinajstić information content (AvgIpc) is 2.64. The van der Waals surface area contributed by atoms with Gasteiger partial charge in [0.15, 0.2) is 0 Å². The number of rotatable bonds is 5. The van der Waals surface area contributed by atoms with Crippen molar-refractivity contribution in [1.29, 1.82) is 0 Å². The number of anilines is 1. The molecule has 3 aromatic carbocycles. The van der Waals surface area contributed by atoms with Gasteiger partial charge in [0.1, 0.15) is 22.0 Å². The van der Waals surface area contributed by atoms with Crippen LogP contribution < -0.4 is 5.32 Å². The van der Waals surface area contributed by atoms with Crippen LogP contribution in [0, 0.1) is 0 Å². The Hall–Kier alpha value is -3.06. The van der Waals surface area contributed by atoms with Crippen molar-refractivity contribution in [3.63, 3.8) is 0 Å². The summed E-state index contributed by atoms with van der Waals surface area (Å²) < 4.78 is 64.7. The minimum atomic E-state index is -4.61. The molecule has 152 valence electrons. The molecule has 0 bridgehead atoms. The fraction of sp³-hybridized carbons (Fsp3) is 0.0588. The second kappa shape index (κ2) is 7.40. The van der Waals surface area contributed by atoms with E-state index in [1.54, 1.807) is 13.1 Å². The maximum atomic E-state index is 11.5. The van der Waals surface area contributed by atoms with Gasteiger partial charge < -0.3 is 10.4 Å². The summed E-state index contributed by atoms with van der Waals surface area (Å²) in [6, 6.07) is 10.4. The summed E-state index contributed by atoms with van der Waals surface area (Å²) in [6.45, 7) is 0. The first kappa shape index (κ1) is 20.7. The molecule has 29 heavy (non-hydrogen) atoms. The first-order valence-electron chi connectivity index (χ1n) is 7.95. The number of azo groups is 1. The molecule has 10 nitrogen and oxygen atoms in total. The fourth-order valence-corrected chi connectivity index (χ4v) is 3.85. The van der Waals surface area contributed by atoms with E-state index in [2.05, 4.69) is 15.5 Å². The van der Waals surface area contributed by atoms with Crippen molar-refractivity contribution < 1.29 is 31.0 Å². The molecule has 0 aliphatic rings. The molecule has 0 aliphatic heterocycles. The molecule has 0 saturated carbocycles. The predicted molar refractivity (Wildman–Crippen MR) is 105 cm³/mol. The van der Waals surface area contributed by atoms with Crippen molar-refractivity contribution in [2.75, 3.05) is 12.4 Å². The Morgan fingerprint density at radius 3 is 2.17 bits per heavy atom. The van der Waals surface area contributed by atoms with E-state index < -0.39 is 35.8 Å². The largest absolute Gasteiger partial charge is 0.507 e. The highest BCUT2D eigenvalue weighted by atomic mass is 32.2. The van der Waals surface area contributed by atoms with Gasteiger partial charge in [-0.15, -0.1) is 10.2 Å². The Morgan fingerprint density at radius 1 is 0.862 bits per heavy atom. The van der Waals surface area contributed by atoms with Gasteiger partial charge in [-0.05, 0) is 30.3 Å². The summed E-state index contributed by atoms with van der Waals surface area (Å²) in [7, 11) is -7.59. The van der Waals surface area contributed by atoms with Crippen LogP contribution >= 0.6 is 0 Å². The third-order valence-corrected chi connectivity index (χ3v) is 5.76. The van der Waals surface area contributed by atoms with Crippen molar-refractivity contribution in [2.45, 2.75) is 9.79 Å². The summed E-state index contributed by atoms with van der Waals surface area (Å²) in [5.74, 6) is -0.410. The Morgan fingerprint density at radius 2 is 1.55 bits per heavy atom. The zero-order chi connectivity index (χ0) is 21.4. The summed E-state index contributed by atoms with van der Waals surface area (Å²) in [5.41, 5.74) is 0.317. The normalized spacial score (nSPS) is 12.5. The number of phenolic OH excluding ortho intramolecular Hbond substituents is 1. The molecule has 0 fully saturated rings. The van der Waals surface area contributed by atoms with Crippen molar-refractivity contribution in [1.82, 2.24) is 0 Å². The molecule has 0 unspecified atom stereocenters. The van der Waals surface area contributed by atoms with Crippen molar-refractivity contribution >= 4 is 48.1 Å². The minimum Gasteiger partial charge on any atom is -0.507 e. The van der Waals surface area contributed by atoms with Crippen LogP contribution in [0.2, 0.25) is 0 Å². The zero-order valence-electron chi connectivity index (χ0n) is 14.8. The van der Waals surface area contributed by atoms with Crippen molar-refractivity contribution in [3.05, 3.63) is 48.5 Å². The number of nitrogens with zero attached hydrogens (tertiary/aromatic N) is 2. The smallest absolute Gasteiger partial charge is 0.296 e. The molecule has 3 aromatic rings. The lowest BCUT2D eigenvalue weighted by Crippen LogP contribution is -1.98. The van der Waals surface area contributed by atoms with Crippen LogP contribution in [0.3, 0.4) is 0 Å². The minimum absolute atomic E-state index is 0.0796. The summed E-state index contributed by atoms with van der Waals surface area (Å²) in [5, 5.41) is 21.2. The number of nitrogens with one attached hydrogen (secondary N) is 1. The van der Waals surface area contributed by atoms with Gasteiger partial charge in [0.25, 0.3) is 20.2 Å². The molecule has 0 radical (unpaired) electrons. The topological polar surface area (TPSA) is 166 Å². The van der Waals surface area contributed by atoms with Crippen LogP contribution in [0.1, 0.15) is 0 Å². The van der Waals surface area contributed by atoms with E-state index in [0.29, 0.717) is 5.69 Å². The lowest BCUT2D eigenvalue weighted by Gasteiger charge is -2.11. The quantitative estimate of drug-likeness (QED) is 0.348. The van der Waals surface area contributed by atoms with Crippen molar-refractivity contribution in [3.8, 4) is 5.75 Å². The third kappa shape index (κ3) is 4.19. The van der Waals surface area contributed by atoms with E-state index in [1.165, 1.54) is 24.3 Å². The Labute approximate surface area is 166 Å². The predicted octanol–water partition coefficient (Wildman–Crippen LogP) is 3.50. The van der Waals surface area contributed by atoms with Crippen LogP contribution in [0.25, 0.3) is 10.8 Å². The van der Waals surface area contributed by atoms with Gasteiger partial charge in [-0.25, -0.2) is 0 Å². The summed E-state index contributed by atoms with van der Waals surface area (Å²) in [4.78, 5) is -1.01. The van der Waals surface area contributed by atoms with Gasteiger partial charge in [-0.3, -0.25) is 9.11 Å². The second-order valence-electron chi connectivity index (χ2n) is 5.87. The Bertz CT molecular complexity index is 1350. The monoisotopic (exact) mass is 437 g/mol. The highest BCUT2D eigenvalue weighted by Crippen LogP contribution is 2.40. The van der Waals surface area contributed by atoms with E-state index >= 15 is 0 Å². The molecule has 0 atom stereocenters. The van der Waals surface area contributed by atoms with E-state index in [9.17, 15) is 31.0 Å². The summed E-state index contributed by atoms with van der Waals surface area (Å²) in [6.07, 6.45) is 0. The number of hydrogen-bond donors (Lipinski definition) is 4. The third-order valence-electron chi connectivity index (χ3n) is 4.03. The number of aromatic hydroxyl groups is 1. The Kier molecular flexibility index (Phi) is 5.28. The molecule has 3 rings (SSSR count). The lowest BCUT2D eigenvalue weighted by atomic mass is 10.1. The number of phenols is 1. The van der Waals surface area contributed by atoms with Crippen LogP contribution in [0.15, 0.2) is 68.6 Å². The van der Waals surface area contributed by atoms with Gasteiger partial charge in [0, 0.05) is 23.9 Å². The molecule has 4 N–H and O–H groups in total. The SMILES string of the molecule is CNc1ccc2c(O)cc(S(=O)(=O)O)cc2c1N=Nc1ccccc1S(=O)(=O)O. The number of hydrogen-bond acceptors (Lipinski definition) is 8. The molecule has 0 aliphatic carbocycles. The molecule has 0 amide bonds. The van der Waals surface area contributed by atoms with Gasteiger partial charge >= 0.3 is 0 Å². The number of benzene rings is 3. The lowest BCUT2D eigenvalue weighted by molar-refractivity contribution is 0.471. The molecule has 0 heterocycles. The first-order chi connectivity index (χ1) is 13.5. The Balaban J connectivity index is 2.29. The van der Waals surface area contributed by atoms with E-state index in [-0.39, 0.29) is 22.1 Å². The van der Waals surface area contributed by atoms with Gasteiger partial charge in [0.2, 0.25) is 0 Å². The van der Waals surface area contributed by atoms with E-state index in [0.717, 1.165) is 18.2 Å². The van der Waals surface area contributed by atoms with Crippen LogP contribution in [0.4, 0.5) is 17.1 Å². The molecule has 0 aromatic heterocycles. The van der Waals surface area contributed by atoms with Crippen LogP contribution in [0.5, 0.6) is 5.75 Å². The van der Waals surface area contributed by atoms with E-state index in [4.69, 9.17) is 0 Å². The molecular formula is C17H15N3O7S2. The van der Waals surface area contributed by atoms with Crippen LogP contribution in [-0.2, 0) is 20.2 Å². The maximum Gasteiger partial charge on any atom is 0.296 e. The molecule has 0 saturated heterocycles. The average molecular weight is 437 g/mol. The number of fused-ring (bicyclic) bond motifs is 1. The molecule has 12 heteroatoms. The fourth-order valence-electron chi connectivity index (χ4n) is 2.69. The summed E-state index contributed by atoms with van der Waals surface area (Å²) >= 11 is 0. The van der Waals surface area contributed by atoms with Crippen molar-refractivity contribution in [2.24, 2.45) is 10.2 Å². The second-order valence-corrected chi connectivity index (χ2v) is 8.68. The highest BCUT2D eigenvalue weighted by Gasteiger charge is 2.18.